The summed E-state index contributed by atoms with van der Waals surface area (Å²) in [6, 6.07) is 10.4. The Morgan fingerprint density at radius 2 is 1.63 bits per heavy atom. The average molecular weight is 393 g/mol. The zero-order valence-corrected chi connectivity index (χ0v) is 19.3. The van der Waals surface area contributed by atoms with Crippen LogP contribution in [0.25, 0.3) is 0 Å². The summed E-state index contributed by atoms with van der Waals surface area (Å²) in [5, 5.41) is 0.281. The maximum absolute atomic E-state index is 11.4. The molecule has 1 atom stereocenters. The van der Waals surface area contributed by atoms with E-state index in [-0.39, 0.29) is 17.1 Å². The summed E-state index contributed by atoms with van der Waals surface area (Å²) >= 11 is 0. The number of rotatable bonds is 12. The Bertz CT molecular complexity index is 534. The molecule has 0 spiro atoms. The van der Waals surface area contributed by atoms with Gasteiger partial charge in [-0.15, -0.1) is 0 Å². The van der Waals surface area contributed by atoms with Crippen LogP contribution in [0.2, 0.25) is 18.1 Å². The summed E-state index contributed by atoms with van der Waals surface area (Å²) < 4.78 is 11.8. The number of carbonyl (C=O) groups is 1. The Morgan fingerprint density at radius 1 is 1.00 bits per heavy atom. The fraction of sp³-hybridized carbons (Fsp3) is 0.696. The van der Waals surface area contributed by atoms with Crippen LogP contribution in [0.3, 0.4) is 0 Å². The van der Waals surface area contributed by atoms with Gasteiger partial charge in [0.25, 0.3) is 0 Å². The molecule has 0 heterocycles. The Kier molecular flexibility index (Phi) is 10.3. The molecular weight excluding hydrogens is 352 g/mol. The van der Waals surface area contributed by atoms with Crippen molar-refractivity contribution in [2.75, 3.05) is 6.61 Å². The highest BCUT2D eigenvalue weighted by atomic mass is 28.4. The van der Waals surface area contributed by atoms with E-state index in [0.717, 1.165) is 38.7 Å². The number of hydrogen-bond acceptors (Lipinski definition) is 3. The minimum atomic E-state index is -1.61. The van der Waals surface area contributed by atoms with Crippen LogP contribution in [-0.2, 0) is 20.4 Å². The largest absolute Gasteiger partial charge is 0.463 e. The number of unbranched alkanes of at least 4 members (excludes halogenated alkanes) is 3. The van der Waals surface area contributed by atoms with E-state index in [0.29, 0.717) is 0 Å². The predicted octanol–water partition coefficient (Wildman–Crippen LogP) is 6.52. The van der Waals surface area contributed by atoms with Crippen molar-refractivity contribution in [3.8, 4) is 0 Å². The van der Waals surface area contributed by atoms with Crippen molar-refractivity contribution in [3.05, 3.63) is 35.9 Å². The van der Waals surface area contributed by atoms with Crippen molar-refractivity contribution in [1.29, 1.82) is 0 Å². The Morgan fingerprint density at radius 3 is 2.22 bits per heavy atom. The van der Waals surface area contributed by atoms with Crippen LogP contribution in [0.4, 0.5) is 0 Å². The van der Waals surface area contributed by atoms with E-state index in [9.17, 15) is 4.79 Å². The molecule has 4 heteroatoms. The van der Waals surface area contributed by atoms with Gasteiger partial charge in [-0.3, -0.25) is 4.79 Å². The summed E-state index contributed by atoms with van der Waals surface area (Å²) in [6.07, 6.45) is 7.42. The zero-order valence-electron chi connectivity index (χ0n) is 18.3. The van der Waals surface area contributed by atoms with Crippen LogP contribution in [0, 0.1) is 0 Å². The molecule has 1 rings (SSSR count). The zero-order chi connectivity index (χ0) is 20.3. The average Bonchev–Trinajstić information content (AvgIpc) is 2.58. The molecule has 0 N–H and O–H groups in total. The molecule has 154 valence electrons. The minimum absolute atomic E-state index is 0.0335. The van der Waals surface area contributed by atoms with Gasteiger partial charge in [0.2, 0.25) is 0 Å². The van der Waals surface area contributed by atoms with Gasteiger partial charge in [0, 0.05) is 13.5 Å². The molecule has 0 saturated carbocycles. The molecule has 0 aliphatic rings. The molecule has 0 aliphatic heterocycles. The molecule has 1 aromatic rings. The molecule has 1 unspecified atom stereocenters. The lowest BCUT2D eigenvalue weighted by Gasteiger charge is -2.36. The molecule has 1 aromatic carbocycles. The van der Waals surface area contributed by atoms with E-state index in [1.165, 1.54) is 25.3 Å². The normalized spacial score (nSPS) is 13.4. The molecular formula is C23H40O3Si. The van der Waals surface area contributed by atoms with Crippen LogP contribution in [0.15, 0.2) is 30.3 Å². The highest BCUT2D eigenvalue weighted by Crippen LogP contribution is 2.36. The second kappa shape index (κ2) is 11.7. The van der Waals surface area contributed by atoms with Gasteiger partial charge < -0.3 is 9.16 Å². The third-order valence-corrected chi connectivity index (χ3v) is 10.2. The number of aryl methyl sites for hydroxylation is 1. The molecule has 27 heavy (non-hydrogen) atoms. The van der Waals surface area contributed by atoms with Gasteiger partial charge in [-0.1, -0.05) is 63.9 Å². The van der Waals surface area contributed by atoms with Crippen molar-refractivity contribution >= 4 is 14.3 Å². The lowest BCUT2D eigenvalue weighted by atomic mass is 10.0. The van der Waals surface area contributed by atoms with Gasteiger partial charge in [-0.05, 0) is 55.8 Å². The molecule has 0 aliphatic carbocycles. The van der Waals surface area contributed by atoms with Gasteiger partial charge in [0.05, 0.1) is 0 Å². The molecule has 0 aromatic heterocycles. The fourth-order valence-corrected chi connectivity index (χ4v) is 3.93. The molecule has 0 saturated heterocycles. The standard InChI is InChI=1S/C23H40O3Si/c1-20(24)26-22(18-17-21-14-10-9-11-15-21)16-12-7-8-13-19-25-27(5,6)23(2,3)4/h9-11,14-15,22H,7-8,12-13,16-19H2,1-6H3. The van der Waals surface area contributed by atoms with Crippen molar-refractivity contribution < 1.29 is 14.0 Å². The summed E-state index contributed by atoms with van der Waals surface area (Å²) in [6.45, 7) is 13.8. The smallest absolute Gasteiger partial charge is 0.302 e. The van der Waals surface area contributed by atoms with E-state index >= 15 is 0 Å². The quantitative estimate of drug-likeness (QED) is 0.231. The summed E-state index contributed by atoms with van der Waals surface area (Å²) in [7, 11) is -1.61. The number of esters is 1. The molecule has 0 bridgehead atoms. The van der Waals surface area contributed by atoms with Crippen molar-refractivity contribution in [3.63, 3.8) is 0 Å². The second-order valence-electron chi connectivity index (χ2n) is 9.07. The number of ether oxygens (including phenoxy) is 1. The SMILES string of the molecule is CC(=O)OC(CCCCCCO[Si](C)(C)C(C)(C)C)CCc1ccccc1. The van der Waals surface area contributed by atoms with Gasteiger partial charge in [-0.25, -0.2) is 0 Å². The van der Waals surface area contributed by atoms with Gasteiger partial charge in [0.1, 0.15) is 6.10 Å². The Balaban J connectivity index is 2.22. The lowest BCUT2D eigenvalue weighted by molar-refractivity contribution is -0.147. The first kappa shape index (κ1) is 23.9. The van der Waals surface area contributed by atoms with Crippen molar-refractivity contribution in [2.45, 2.75) is 96.9 Å². The van der Waals surface area contributed by atoms with Gasteiger partial charge in [0.15, 0.2) is 8.32 Å². The lowest BCUT2D eigenvalue weighted by Crippen LogP contribution is -2.40. The molecule has 0 fully saturated rings. The topological polar surface area (TPSA) is 35.5 Å². The molecule has 0 amide bonds. The Hall–Kier alpha value is -1.13. The predicted molar refractivity (Wildman–Crippen MR) is 117 cm³/mol. The summed E-state index contributed by atoms with van der Waals surface area (Å²) in [4.78, 5) is 11.4. The first-order valence-electron chi connectivity index (χ1n) is 10.5. The number of carbonyl (C=O) groups excluding carboxylic acids is 1. The van der Waals surface area contributed by atoms with Crippen LogP contribution >= 0.6 is 0 Å². The maximum Gasteiger partial charge on any atom is 0.302 e. The van der Waals surface area contributed by atoms with Crippen LogP contribution in [-0.4, -0.2) is 27.0 Å². The number of benzene rings is 1. The summed E-state index contributed by atoms with van der Waals surface area (Å²) in [5.41, 5.74) is 1.30. The van der Waals surface area contributed by atoms with E-state index in [2.05, 4.69) is 58.1 Å². The first-order valence-corrected chi connectivity index (χ1v) is 13.4. The minimum Gasteiger partial charge on any atom is -0.463 e. The number of hydrogen-bond donors (Lipinski definition) is 0. The maximum atomic E-state index is 11.4. The highest BCUT2D eigenvalue weighted by molar-refractivity contribution is 6.74. The monoisotopic (exact) mass is 392 g/mol. The highest BCUT2D eigenvalue weighted by Gasteiger charge is 2.36. The van der Waals surface area contributed by atoms with Crippen LogP contribution < -0.4 is 0 Å². The summed E-state index contributed by atoms with van der Waals surface area (Å²) in [5.74, 6) is -0.171. The first-order chi connectivity index (χ1) is 12.6. The van der Waals surface area contributed by atoms with Crippen LogP contribution in [0.1, 0.15) is 71.8 Å². The Labute approximate surface area is 168 Å². The third kappa shape index (κ3) is 10.1. The fourth-order valence-electron chi connectivity index (χ4n) is 2.84. The second-order valence-corrected chi connectivity index (χ2v) is 13.9. The van der Waals surface area contributed by atoms with E-state index in [1.54, 1.807) is 0 Å². The van der Waals surface area contributed by atoms with Crippen molar-refractivity contribution in [2.24, 2.45) is 0 Å². The van der Waals surface area contributed by atoms with Crippen LogP contribution in [0.5, 0.6) is 0 Å². The van der Waals surface area contributed by atoms with E-state index in [1.807, 2.05) is 6.07 Å². The molecule has 0 radical (unpaired) electrons. The van der Waals surface area contributed by atoms with Gasteiger partial charge >= 0.3 is 5.97 Å². The molecule has 3 nitrogen and oxygen atoms in total. The van der Waals surface area contributed by atoms with E-state index in [4.69, 9.17) is 9.16 Å². The van der Waals surface area contributed by atoms with Crippen molar-refractivity contribution in [1.82, 2.24) is 0 Å². The van der Waals surface area contributed by atoms with E-state index < -0.39 is 8.32 Å². The third-order valence-electron chi connectivity index (χ3n) is 5.62. The van der Waals surface area contributed by atoms with Gasteiger partial charge in [-0.2, -0.15) is 0 Å².